The fourth-order valence-electron chi connectivity index (χ4n) is 3.41. The van der Waals surface area contributed by atoms with Crippen molar-refractivity contribution in [1.29, 1.82) is 0 Å². The number of carbonyl (C=O) groups excluding carboxylic acids is 1. The molecule has 0 aliphatic heterocycles. The second-order valence-electron chi connectivity index (χ2n) is 7.02. The van der Waals surface area contributed by atoms with Gasteiger partial charge >= 0.3 is 0 Å². The Balaban J connectivity index is 1.54. The third kappa shape index (κ3) is 4.68. The number of hydrogen-bond acceptors (Lipinski definition) is 4. The van der Waals surface area contributed by atoms with Gasteiger partial charge in [-0.15, -0.1) is 10.2 Å². The van der Waals surface area contributed by atoms with Crippen LogP contribution >= 0.6 is 0 Å². The van der Waals surface area contributed by atoms with Gasteiger partial charge in [0.05, 0.1) is 0 Å². The molecule has 134 valence electrons. The standard InChI is InChI=1S/C20H27N3O2/c1-15-9-11-16(12-10-15)20-22-21-18(25-20)13-14-19(24)23(2)17-7-5-3-4-6-8-17/h9-12,17H,3-8,13-14H2,1-2H3. The molecule has 0 atom stereocenters. The van der Waals surface area contributed by atoms with Crippen LogP contribution in [-0.2, 0) is 11.2 Å². The van der Waals surface area contributed by atoms with Crippen molar-refractivity contribution >= 4 is 5.91 Å². The highest BCUT2D eigenvalue weighted by atomic mass is 16.4. The largest absolute Gasteiger partial charge is 0.421 e. The quantitative estimate of drug-likeness (QED) is 0.766. The molecule has 0 radical (unpaired) electrons. The smallest absolute Gasteiger partial charge is 0.247 e. The number of aromatic nitrogens is 2. The van der Waals surface area contributed by atoms with Crippen LogP contribution in [0.4, 0.5) is 0 Å². The third-order valence-corrected chi connectivity index (χ3v) is 5.08. The van der Waals surface area contributed by atoms with Crippen LogP contribution in [0.25, 0.3) is 11.5 Å². The summed E-state index contributed by atoms with van der Waals surface area (Å²) in [7, 11) is 1.93. The van der Waals surface area contributed by atoms with Crippen LogP contribution in [0.1, 0.15) is 56.4 Å². The number of nitrogens with zero attached hydrogens (tertiary/aromatic N) is 3. The lowest BCUT2D eigenvalue weighted by Crippen LogP contribution is -2.36. The van der Waals surface area contributed by atoms with Crippen molar-refractivity contribution in [3.8, 4) is 11.5 Å². The minimum atomic E-state index is 0.169. The van der Waals surface area contributed by atoms with Gasteiger partial charge in [-0.2, -0.15) is 0 Å². The molecule has 1 aliphatic carbocycles. The Labute approximate surface area is 149 Å². The summed E-state index contributed by atoms with van der Waals surface area (Å²) >= 11 is 0. The maximum atomic E-state index is 12.5. The molecule has 3 rings (SSSR count). The molecule has 5 nitrogen and oxygen atoms in total. The first-order chi connectivity index (χ1) is 12.1. The lowest BCUT2D eigenvalue weighted by molar-refractivity contribution is -0.132. The molecule has 1 heterocycles. The zero-order valence-corrected chi connectivity index (χ0v) is 15.2. The van der Waals surface area contributed by atoms with Crippen molar-refractivity contribution in [2.45, 2.75) is 64.3 Å². The summed E-state index contributed by atoms with van der Waals surface area (Å²) in [6, 6.07) is 8.37. The molecule has 0 N–H and O–H groups in total. The first kappa shape index (κ1) is 17.6. The first-order valence-corrected chi connectivity index (χ1v) is 9.28. The van der Waals surface area contributed by atoms with Crippen LogP contribution in [0, 0.1) is 6.92 Å². The highest BCUT2D eigenvalue weighted by molar-refractivity contribution is 5.76. The molecule has 0 saturated heterocycles. The fraction of sp³-hybridized carbons (Fsp3) is 0.550. The summed E-state index contributed by atoms with van der Waals surface area (Å²) < 4.78 is 5.71. The Bertz CT molecular complexity index is 685. The summed E-state index contributed by atoms with van der Waals surface area (Å²) in [6.45, 7) is 2.04. The van der Waals surface area contributed by atoms with E-state index in [1.54, 1.807) is 0 Å². The highest BCUT2D eigenvalue weighted by Crippen LogP contribution is 2.22. The molecule has 1 aliphatic rings. The van der Waals surface area contributed by atoms with Crippen LogP contribution in [0.15, 0.2) is 28.7 Å². The van der Waals surface area contributed by atoms with Crippen LogP contribution < -0.4 is 0 Å². The van der Waals surface area contributed by atoms with Gasteiger partial charge in [0.1, 0.15) is 0 Å². The molecular formula is C20H27N3O2. The van der Waals surface area contributed by atoms with E-state index in [1.807, 2.05) is 43.1 Å². The van der Waals surface area contributed by atoms with Crippen LogP contribution in [-0.4, -0.2) is 34.1 Å². The van der Waals surface area contributed by atoms with Gasteiger partial charge in [-0.25, -0.2) is 0 Å². The van der Waals surface area contributed by atoms with Crippen molar-refractivity contribution in [2.75, 3.05) is 7.05 Å². The van der Waals surface area contributed by atoms with Crippen LogP contribution in [0.5, 0.6) is 0 Å². The zero-order valence-electron chi connectivity index (χ0n) is 15.2. The number of aryl methyl sites for hydroxylation is 2. The Morgan fingerprint density at radius 2 is 1.80 bits per heavy atom. The average Bonchev–Trinajstić information content (AvgIpc) is 2.93. The van der Waals surface area contributed by atoms with Crippen molar-refractivity contribution in [2.24, 2.45) is 0 Å². The Morgan fingerprint density at radius 3 is 2.48 bits per heavy atom. The van der Waals surface area contributed by atoms with E-state index < -0.39 is 0 Å². The molecular weight excluding hydrogens is 314 g/mol. The molecule has 1 amide bonds. The van der Waals surface area contributed by atoms with E-state index >= 15 is 0 Å². The molecule has 1 saturated carbocycles. The number of amides is 1. The van der Waals surface area contributed by atoms with Gasteiger partial charge in [0.2, 0.25) is 17.7 Å². The number of carbonyl (C=O) groups is 1. The van der Waals surface area contributed by atoms with Gasteiger partial charge in [-0.1, -0.05) is 43.4 Å². The summed E-state index contributed by atoms with van der Waals surface area (Å²) in [6.07, 6.45) is 8.21. The number of rotatable bonds is 5. The SMILES string of the molecule is Cc1ccc(-c2nnc(CCC(=O)N(C)C3CCCCCC3)o2)cc1. The van der Waals surface area contributed by atoms with Crippen molar-refractivity contribution < 1.29 is 9.21 Å². The third-order valence-electron chi connectivity index (χ3n) is 5.08. The number of hydrogen-bond donors (Lipinski definition) is 0. The van der Waals surface area contributed by atoms with Gasteiger partial charge in [0.15, 0.2) is 0 Å². The summed E-state index contributed by atoms with van der Waals surface area (Å²) in [5.41, 5.74) is 2.10. The van der Waals surface area contributed by atoms with Gasteiger partial charge in [-0.05, 0) is 31.9 Å². The van der Waals surface area contributed by atoms with Gasteiger partial charge in [0.25, 0.3) is 0 Å². The van der Waals surface area contributed by atoms with E-state index in [9.17, 15) is 4.79 Å². The molecule has 1 aromatic heterocycles. The maximum absolute atomic E-state index is 12.5. The predicted octanol–water partition coefficient (Wildman–Crippen LogP) is 4.16. The van der Waals surface area contributed by atoms with E-state index in [0.717, 1.165) is 18.4 Å². The zero-order chi connectivity index (χ0) is 17.6. The summed E-state index contributed by atoms with van der Waals surface area (Å²) in [4.78, 5) is 14.4. The molecule has 5 heteroatoms. The predicted molar refractivity (Wildman–Crippen MR) is 97.1 cm³/mol. The van der Waals surface area contributed by atoms with E-state index in [2.05, 4.69) is 10.2 Å². The molecule has 0 bridgehead atoms. The minimum absolute atomic E-state index is 0.169. The molecule has 2 aromatic rings. The average molecular weight is 341 g/mol. The Morgan fingerprint density at radius 1 is 1.12 bits per heavy atom. The Kier molecular flexibility index (Phi) is 5.84. The van der Waals surface area contributed by atoms with E-state index in [4.69, 9.17) is 4.42 Å². The van der Waals surface area contributed by atoms with Crippen LogP contribution in [0.3, 0.4) is 0 Å². The lowest BCUT2D eigenvalue weighted by Gasteiger charge is -2.27. The fourth-order valence-corrected chi connectivity index (χ4v) is 3.41. The molecule has 1 aromatic carbocycles. The van der Waals surface area contributed by atoms with E-state index in [-0.39, 0.29) is 5.91 Å². The molecule has 0 unspecified atom stereocenters. The topological polar surface area (TPSA) is 59.2 Å². The summed E-state index contributed by atoms with van der Waals surface area (Å²) in [5.74, 6) is 1.21. The van der Waals surface area contributed by atoms with Crippen molar-refractivity contribution in [1.82, 2.24) is 15.1 Å². The summed E-state index contributed by atoms with van der Waals surface area (Å²) in [5, 5.41) is 8.19. The minimum Gasteiger partial charge on any atom is -0.421 e. The molecule has 1 fully saturated rings. The first-order valence-electron chi connectivity index (χ1n) is 9.28. The van der Waals surface area contributed by atoms with E-state index in [1.165, 1.54) is 31.2 Å². The van der Waals surface area contributed by atoms with Crippen molar-refractivity contribution in [3.63, 3.8) is 0 Å². The second-order valence-corrected chi connectivity index (χ2v) is 7.02. The van der Waals surface area contributed by atoms with Gasteiger partial charge < -0.3 is 9.32 Å². The molecule has 25 heavy (non-hydrogen) atoms. The monoisotopic (exact) mass is 341 g/mol. The van der Waals surface area contributed by atoms with Gasteiger partial charge in [0, 0.05) is 31.5 Å². The second kappa shape index (κ2) is 8.28. The van der Waals surface area contributed by atoms with E-state index in [0.29, 0.717) is 30.7 Å². The normalized spacial score (nSPS) is 15.8. The molecule has 0 spiro atoms. The van der Waals surface area contributed by atoms with Crippen molar-refractivity contribution in [3.05, 3.63) is 35.7 Å². The lowest BCUT2D eigenvalue weighted by atomic mass is 10.1. The van der Waals surface area contributed by atoms with Crippen LogP contribution in [0.2, 0.25) is 0 Å². The highest BCUT2D eigenvalue weighted by Gasteiger charge is 2.21. The van der Waals surface area contributed by atoms with Gasteiger partial charge in [-0.3, -0.25) is 4.79 Å². The number of benzene rings is 1. The maximum Gasteiger partial charge on any atom is 0.247 e. The Hall–Kier alpha value is -2.17.